The Labute approximate surface area is 90.5 Å². The van der Waals surface area contributed by atoms with Crippen molar-refractivity contribution in [2.75, 3.05) is 13.1 Å². The lowest BCUT2D eigenvalue weighted by molar-refractivity contribution is -0.135. The van der Waals surface area contributed by atoms with E-state index < -0.39 is 5.97 Å². The number of nitrogens with zero attached hydrogens (tertiary/aromatic N) is 1. The number of nitrogens with one attached hydrogen (secondary N) is 1. The molecule has 0 bridgehead atoms. The highest BCUT2D eigenvalue weighted by atomic mass is 16.4. The fraction of sp³-hybridized carbons (Fsp3) is 0.800. The third-order valence-electron chi connectivity index (χ3n) is 1.84. The second-order valence-electron chi connectivity index (χ2n) is 4.19. The normalized spacial score (nSPS) is 10.5. The zero-order valence-corrected chi connectivity index (χ0v) is 9.78. The van der Waals surface area contributed by atoms with Gasteiger partial charge in [0.25, 0.3) is 0 Å². The molecular weight excluding hydrogens is 196 g/mol. The van der Waals surface area contributed by atoms with Gasteiger partial charge >= 0.3 is 12.0 Å². The van der Waals surface area contributed by atoms with Crippen LogP contribution in [0.2, 0.25) is 0 Å². The summed E-state index contributed by atoms with van der Waals surface area (Å²) in [6, 6.07) is -0.248. The van der Waals surface area contributed by atoms with Crippen LogP contribution in [0.5, 0.6) is 0 Å². The van der Waals surface area contributed by atoms with Gasteiger partial charge in [-0.15, -0.1) is 0 Å². The first-order chi connectivity index (χ1) is 6.84. The van der Waals surface area contributed by atoms with Crippen LogP contribution in [0.15, 0.2) is 0 Å². The van der Waals surface area contributed by atoms with Crippen molar-refractivity contribution < 1.29 is 14.7 Å². The molecular formula is C10H20N2O3. The van der Waals surface area contributed by atoms with E-state index in [1.165, 1.54) is 0 Å². The molecule has 0 heterocycles. The van der Waals surface area contributed by atoms with Crippen LogP contribution >= 0.6 is 0 Å². The van der Waals surface area contributed by atoms with E-state index in [0.29, 0.717) is 12.5 Å². The molecule has 2 N–H and O–H groups in total. The van der Waals surface area contributed by atoms with Gasteiger partial charge in [0.15, 0.2) is 0 Å². The average molecular weight is 216 g/mol. The first-order valence-electron chi connectivity index (χ1n) is 5.10. The number of aliphatic carboxylic acids is 1. The van der Waals surface area contributed by atoms with Gasteiger partial charge in [-0.2, -0.15) is 0 Å². The van der Waals surface area contributed by atoms with Crippen molar-refractivity contribution in [3.05, 3.63) is 0 Å². The highest BCUT2D eigenvalue weighted by Gasteiger charge is 2.17. The maximum absolute atomic E-state index is 11.6. The molecule has 0 aromatic heterocycles. The molecule has 0 aliphatic heterocycles. The van der Waals surface area contributed by atoms with Crippen LogP contribution in [0.3, 0.4) is 0 Å². The van der Waals surface area contributed by atoms with Gasteiger partial charge in [-0.1, -0.05) is 13.8 Å². The number of amides is 2. The van der Waals surface area contributed by atoms with Gasteiger partial charge in [0, 0.05) is 12.6 Å². The molecule has 0 radical (unpaired) electrons. The van der Waals surface area contributed by atoms with Gasteiger partial charge in [0.1, 0.15) is 6.54 Å². The molecule has 0 aromatic carbocycles. The second-order valence-corrected chi connectivity index (χ2v) is 4.19. The van der Waals surface area contributed by atoms with Crippen molar-refractivity contribution in [1.29, 1.82) is 0 Å². The maximum Gasteiger partial charge on any atom is 0.323 e. The number of hydrogen-bond donors (Lipinski definition) is 2. The Kier molecular flexibility index (Phi) is 5.74. The molecule has 0 spiro atoms. The molecule has 0 fully saturated rings. The third kappa shape index (κ3) is 5.93. The van der Waals surface area contributed by atoms with Crippen molar-refractivity contribution >= 4 is 12.0 Å². The quantitative estimate of drug-likeness (QED) is 0.724. The van der Waals surface area contributed by atoms with Crippen LogP contribution in [-0.4, -0.2) is 41.1 Å². The Balaban J connectivity index is 4.23. The van der Waals surface area contributed by atoms with E-state index in [0.717, 1.165) is 0 Å². The van der Waals surface area contributed by atoms with Crippen LogP contribution in [-0.2, 0) is 4.79 Å². The van der Waals surface area contributed by atoms with Crippen LogP contribution in [0.25, 0.3) is 0 Å². The highest BCUT2D eigenvalue weighted by Crippen LogP contribution is 2.04. The van der Waals surface area contributed by atoms with Crippen LogP contribution < -0.4 is 5.32 Å². The van der Waals surface area contributed by atoms with Crippen molar-refractivity contribution in [2.45, 2.75) is 33.7 Å². The van der Waals surface area contributed by atoms with Gasteiger partial charge in [-0.05, 0) is 19.8 Å². The number of carbonyl (C=O) groups excluding carboxylic acids is 1. The van der Waals surface area contributed by atoms with E-state index in [9.17, 15) is 9.59 Å². The Bertz CT molecular complexity index is 227. The Morgan fingerprint density at radius 3 is 2.13 bits per heavy atom. The number of carbonyl (C=O) groups is 2. The zero-order valence-electron chi connectivity index (χ0n) is 9.78. The minimum atomic E-state index is -1.03. The minimum Gasteiger partial charge on any atom is -0.480 e. The molecule has 88 valence electrons. The molecule has 0 rings (SSSR count). The summed E-state index contributed by atoms with van der Waals surface area (Å²) in [6.07, 6.45) is 0. The highest BCUT2D eigenvalue weighted by molar-refractivity contribution is 5.80. The lowest BCUT2D eigenvalue weighted by Crippen LogP contribution is -2.46. The predicted octanol–water partition coefficient (Wildman–Crippen LogP) is 1.15. The molecule has 0 saturated heterocycles. The van der Waals surface area contributed by atoms with Crippen molar-refractivity contribution in [3.8, 4) is 0 Å². The number of carboxylic acids is 1. The number of rotatable bonds is 5. The van der Waals surface area contributed by atoms with Crippen molar-refractivity contribution in [1.82, 2.24) is 10.2 Å². The van der Waals surface area contributed by atoms with Gasteiger partial charge in [-0.3, -0.25) is 4.79 Å². The smallest absolute Gasteiger partial charge is 0.323 e. The number of urea groups is 1. The lowest BCUT2D eigenvalue weighted by Gasteiger charge is -2.28. The molecule has 0 aliphatic carbocycles. The Morgan fingerprint density at radius 2 is 1.80 bits per heavy atom. The summed E-state index contributed by atoms with van der Waals surface area (Å²) in [5.41, 5.74) is 0. The number of carboxylic acid groups (broad SMARTS) is 1. The monoisotopic (exact) mass is 216 g/mol. The van der Waals surface area contributed by atoms with Crippen LogP contribution in [0, 0.1) is 5.92 Å². The topological polar surface area (TPSA) is 69.6 Å². The summed E-state index contributed by atoms with van der Waals surface area (Å²) in [7, 11) is 0. The molecule has 5 nitrogen and oxygen atoms in total. The standard InChI is InChI=1S/C10H20N2O3/c1-7(2)6-12(8(3)4)10(15)11-5-9(13)14/h7-8H,5-6H2,1-4H3,(H,11,15)(H,13,14). The summed E-state index contributed by atoms with van der Waals surface area (Å²) in [5.74, 6) is -0.667. The summed E-state index contributed by atoms with van der Waals surface area (Å²) in [6.45, 7) is 8.13. The summed E-state index contributed by atoms with van der Waals surface area (Å²) >= 11 is 0. The van der Waals surface area contributed by atoms with Crippen LogP contribution in [0.1, 0.15) is 27.7 Å². The fourth-order valence-corrected chi connectivity index (χ4v) is 1.17. The van der Waals surface area contributed by atoms with E-state index in [1.807, 2.05) is 27.7 Å². The van der Waals surface area contributed by atoms with E-state index in [-0.39, 0.29) is 18.6 Å². The first-order valence-corrected chi connectivity index (χ1v) is 5.10. The second kappa shape index (κ2) is 6.27. The van der Waals surface area contributed by atoms with Crippen LogP contribution in [0.4, 0.5) is 4.79 Å². The Hall–Kier alpha value is -1.26. The molecule has 2 amide bonds. The lowest BCUT2D eigenvalue weighted by atomic mass is 10.2. The molecule has 5 heteroatoms. The summed E-state index contributed by atoms with van der Waals surface area (Å²) < 4.78 is 0. The molecule has 0 unspecified atom stereocenters. The SMILES string of the molecule is CC(C)CN(C(=O)NCC(=O)O)C(C)C. The first kappa shape index (κ1) is 13.7. The summed E-state index contributed by atoms with van der Waals surface area (Å²) in [5, 5.41) is 10.8. The summed E-state index contributed by atoms with van der Waals surface area (Å²) in [4.78, 5) is 23.5. The number of hydrogen-bond acceptors (Lipinski definition) is 2. The third-order valence-corrected chi connectivity index (χ3v) is 1.84. The molecule has 0 aliphatic rings. The van der Waals surface area contributed by atoms with Gasteiger partial charge < -0.3 is 15.3 Å². The van der Waals surface area contributed by atoms with Crippen molar-refractivity contribution in [2.24, 2.45) is 5.92 Å². The van der Waals surface area contributed by atoms with Gasteiger partial charge in [0.05, 0.1) is 0 Å². The Morgan fingerprint density at radius 1 is 1.27 bits per heavy atom. The zero-order chi connectivity index (χ0) is 12.0. The van der Waals surface area contributed by atoms with Crippen molar-refractivity contribution in [3.63, 3.8) is 0 Å². The predicted molar refractivity (Wildman–Crippen MR) is 57.7 cm³/mol. The van der Waals surface area contributed by atoms with Gasteiger partial charge in [0.2, 0.25) is 0 Å². The largest absolute Gasteiger partial charge is 0.480 e. The average Bonchev–Trinajstić information content (AvgIpc) is 2.09. The molecule has 0 saturated carbocycles. The fourth-order valence-electron chi connectivity index (χ4n) is 1.17. The maximum atomic E-state index is 11.6. The van der Waals surface area contributed by atoms with E-state index in [4.69, 9.17) is 5.11 Å². The minimum absolute atomic E-state index is 0.0706. The van der Waals surface area contributed by atoms with E-state index in [2.05, 4.69) is 5.32 Å². The van der Waals surface area contributed by atoms with E-state index in [1.54, 1.807) is 4.90 Å². The van der Waals surface area contributed by atoms with E-state index >= 15 is 0 Å². The molecule has 15 heavy (non-hydrogen) atoms. The molecule has 0 aromatic rings. The molecule has 0 atom stereocenters. The van der Waals surface area contributed by atoms with Gasteiger partial charge in [-0.25, -0.2) is 4.79 Å².